The molecule has 0 bridgehead atoms. The third kappa shape index (κ3) is 6.61. The van der Waals surface area contributed by atoms with Gasteiger partial charge in [-0.25, -0.2) is 8.42 Å². The molecule has 0 radical (unpaired) electrons. The van der Waals surface area contributed by atoms with Crippen molar-refractivity contribution in [1.82, 2.24) is 9.21 Å². The first kappa shape index (κ1) is 24.8. The number of nitrogens with one attached hydrogen (secondary N) is 2. The number of amides is 2. The van der Waals surface area contributed by atoms with Crippen LogP contribution in [0.4, 0.5) is 11.4 Å². The van der Waals surface area contributed by atoms with E-state index in [0.29, 0.717) is 44.2 Å². The van der Waals surface area contributed by atoms with Crippen molar-refractivity contribution in [2.75, 3.05) is 56.6 Å². The molecule has 2 aromatic rings. The van der Waals surface area contributed by atoms with Crippen LogP contribution in [-0.2, 0) is 19.6 Å². The van der Waals surface area contributed by atoms with E-state index in [2.05, 4.69) is 10.6 Å². The van der Waals surface area contributed by atoms with E-state index >= 15 is 0 Å². The number of anilines is 2. The van der Waals surface area contributed by atoms with Crippen molar-refractivity contribution in [1.29, 1.82) is 0 Å². The number of benzene rings is 2. The van der Waals surface area contributed by atoms with Crippen LogP contribution >= 0.6 is 0 Å². The fourth-order valence-electron chi connectivity index (χ4n) is 3.51. The first-order valence-corrected chi connectivity index (χ1v) is 12.4. The van der Waals surface area contributed by atoms with E-state index in [1.54, 1.807) is 50.2 Å². The Kier molecular flexibility index (Phi) is 8.56. The predicted molar refractivity (Wildman–Crippen MR) is 127 cm³/mol. The highest BCUT2D eigenvalue weighted by Gasteiger charge is 2.22. The molecule has 2 N–H and O–H groups in total. The Morgan fingerprint density at radius 3 is 2.18 bits per heavy atom. The monoisotopic (exact) mass is 474 g/mol. The highest BCUT2D eigenvalue weighted by atomic mass is 32.2. The summed E-state index contributed by atoms with van der Waals surface area (Å²) < 4.78 is 32.1. The second-order valence-corrected chi connectivity index (χ2v) is 9.52. The lowest BCUT2D eigenvalue weighted by Crippen LogP contribution is -2.41. The molecule has 2 amide bonds. The summed E-state index contributed by atoms with van der Waals surface area (Å²) in [6, 6.07) is 12.7. The van der Waals surface area contributed by atoms with Crippen molar-refractivity contribution in [3.8, 4) is 0 Å². The van der Waals surface area contributed by atoms with Crippen LogP contribution in [-0.4, -0.2) is 75.4 Å². The van der Waals surface area contributed by atoms with Crippen molar-refractivity contribution in [3.63, 3.8) is 0 Å². The molecule has 2 aromatic carbocycles. The lowest BCUT2D eigenvalue weighted by molar-refractivity contribution is -0.118. The third-order valence-electron chi connectivity index (χ3n) is 5.34. The van der Waals surface area contributed by atoms with Crippen molar-refractivity contribution in [3.05, 3.63) is 54.1 Å². The van der Waals surface area contributed by atoms with Gasteiger partial charge < -0.3 is 15.4 Å². The van der Waals surface area contributed by atoms with Gasteiger partial charge in [0.1, 0.15) is 0 Å². The first-order chi connectivity index (χ1) is 15.8. The van der Waals surface area contributed by atoms with Gasteiger partial charge in [0.2, 0.25) is 15.9 Å². The summed E-state index contributed by atoms with van der Waals surface area (Å²) in [5.74, 6) is -0.532. The Hall–Kier alpha value is -2.79. The highest BCUT2D eigenvalue weighted by Crippen LogP contribution is 2.19. The van der Waals surface area contributed by atoms with Crippen molar-refractivity contribution in [2.45, 2.75) is 18.7 Å². The molecule has 10 heteroatoms. The Bertz CT molecular complexity index is 1060. The lowest BCUT2D eigenvalue weighted by atomic mass is 10.2. The van der Waals surface area contributed by atoms with Crippen LogP contribution in [0, 0.1) is 0 Å². The molecule has 0 atom stereocenters. The molecule has 9 nitrogen and oxygen atoms in total. The maximum atomic E-state index is 12.7. The van der Waals surface area contributed by atoms with Crippen LogP contribution < -0.4 is 10.6 Å². The Morgan fingerprint density at radius 2 is 1.58 bits per heavy atom. The number of nitrogens with zero attached hydrogens (tertiary/aromatic N) is 2. The molecular formula is C23H30N4O5S. The van der Waals surface area contributed by atoms with E-state index < -0.39 is 15.9 Å². The maximum Gasteiger partial charge on any atom is 0.255 e. The number of carbonyl (C=O) groups is 2. The van der Waals surface area contributed by atoms with E-state index in [0.717, 1.165) is 13.1 Å². The number of carbonyl (C=O) groups excluding carboxylic acids is 2. The summed E-state index contributed by atoms with van der Waals surface area (Å²) >= 11 is 0. The number of rotatable bonds is 9. The van der Waals surface area contributed by atoms with Gasteiger partial charge in [0.05, 0.1) is 24.7 Å². The van der Waals surface area contributed by atoms with Gasteiger partial charge in [0.25, 0.3) is 5.91 Å². The average molecular weight is 475 g/mol. The number of hydrogen-bond acceptors (Lipinski definition) is 6. The summed E-state index contributed by atoms with van der Waals surface area (Å²) in [7, 11) is -3.66. The molecule has 33 heavy (non-hydrogen) atoms. The summed E-state index contributed by atoms with van der Waals surface area (Å²) in [6.45, 7) is 7.27. The van der Waals surface area contributed by atoms with Crippen molar-refractivity contribution >= 4 is 33.2 Å². The molecular weight excluding hydrogens is 444 g/mol. The SMILES string of the molecule is CCN(CC)S(=O)(=O)c1cccc(C(=O)Nc2ccc(NC(=O)CN3CCOCC3)cc2)c1. The number of hydrogen-bond donors (Lipinski definition) is 2. The molecule has 1 aliphatic heterocycles. The van der Waals surface area contributed by atoms with E-state index in [9.17, 15) is 18.0 Å². The fourth-order valence-corrected chi connectivity index (χ4v) is 5.02. The number of morpholine rings is 1. The normalized spacial score (nSPS) is 14.8. The molecule has 178 valence electrons. The zero-order chi connectivity index (χ0) is 23.8. The zero-order valence-electron chi connectivity index (χ0n) is 18.9. The second-order valence-electron chi connectivity index (χ2n) is 7.59. The van der Waals surface area contributed by atoms with E-state index in [1.165, 1.54) is 16.4 Å². The Balaban J connectivity index is 1.61. The second kappa shape index (κ2) is 11.4. The first-order valence-electron chi connectivity index (χ1n) is 10.9. The molecule has 1 aliphatic rings. The summed E-state index contributed by atoms with van der Waals surface area (Å²) in [5, 5.41) is 5.60. The topological polar surface area (TPSA) is 108 Å². The molecule has 0 aliphatic carbocycles. The van der Waals surface area contributed by atoms with E-state index in [1.807, 2.05) is 4.90 Å². The van der Waals surface area contributed by atoms with Gasteiger partial charge in [-0.15, -0.1) is 0 Å². The molecule has 0 saturated carbocycles. The van der Waals surface area contributed by atoms with Crippen LogP contribution in [0.1, 0.15) is 24.2 Å². The summed E-state index contributed by atoms with van der Waals surface area (Å²) in [5.41, 5.74) is 1.40. The van der Waals surface area contributed by atoms with Gasteiger partial charge >= 0.3 is 0 Å². The van der Waals surface area contributed by atoms with E-state index in [-0.39, 0.29) is 16.4 Å². The third-order valence-corrected chi connectivity index (χ3v) is 7.38. The van der Waals surface area contributed by atoms with Crippen molar-refractivity contribution < 1.29 is 22.7 Å². The van der Waals surface area contributed by atoms with Gasteiger partial charge in [-0.3, -0.25) is 14.5 Å². The minimum atomic E-state index is -3.66. The fraction of sp³-hybridized carbons (Fsp3) is 0.391. The minimum Gasteiger partial charge on any atom is -0.379 e. The molecule has 3 rings (SSSR count). The van der Waals surface area contributed by atoms with Gasteiger partial charge in [0, 0.05) is 43.1 Å². The predicted octanol–water partition coefficient (Wildman–Crippen LogP) is 2.24. The summed E-state index contributed by atoms with van der Waals surface area (Å²) in [6.07, 6.45) is 0. The van der Waals surface area contributed by atoms with Crippen LogP contribution in [0.5, 0.6) is 0 Å². The summed E-state index contributed by atoms with van der Waals surface area (Å²) in [4.78, 5) is 27.0. The molecule has 1 fully saturated rings. The largest absolute Gasteiger partial charge is 0.379 e. The number of ether oxygens (including phenoxy) is 1. The molecule has 0 unspecified atom stereocenters. The molecule has 1 heterocycles. The standard InChI is InChI=1S/C23H30N4O5S/c1-3-27(4-2)33(30,31)21-7-5-6-18(16-21)23(29)25-20-10-8-19(9-11-20)24-22(28)17-26-12-14-32-15-13-26/h5-11,16H,3-4,12-15,17H2,1-2H3,(H,24,28)(H,25,29). The van der Waals surface area contributed by atoms with Gasteiger partial charge in [-0.2, -0.15) is 4.31 Å². The van der Waals surface area contributed by atoms with Crippen LogP contribution in [0.2, 0.25) is 0 Å². The molecule has 0 spiro atoms. The highest BCUT2D eigenvalue weighted by molar-refractivity contribution is 7.89. The minimum absolute atomic E-state index is 0.0807. The molecule has 0 aromatic heterocycles. The Labute approximate surface area is 194 Å². The van der Waals surface area contributed by atoms with Crippen LogP contribution in [0.15, 0.2) is 53.4 Å². The quantitative estimate of drug-likeness (QED) is 0.577. The smallest absolute Gasteiger partial charge is 0.255 e. The lowest BCUT2D eigenvalue weighted by Gasteiger charge is -2.25. The van der Waals surface area contributed by atoms with Crippen molar-refractivity contribution in [2.24, 2.45) is 0 Å². The van der Waals surface area contributed by atoms with Gasteiger partial charge in [0.15, 0.2) is 0 Å². The van der Waals surface area contributed by atoms with Crippen LogP contribution in [0.3, 0.4) is 0 Å². The van der Waals surface area contributed by atoms with E-state index in [4.69, 9.17) is 4.74 Å². The molecule has 1 saturated heterocycles. The number of sulfonamides is 1. The van der Waals surface area contributed by atoms with Gasteiger partial charge in [-0.1, -0.05) is 19.9 Å². The Morgan fingerprint density at radius 1 is 0.970 bits per heavy atom. The maximum absolute atomic E-state index is 12.7. The van der Waals surface area contributed by atoms with Gasteiger partial charge in [-0.05, 0) is 42.5 Å². The van der Waals surface area contributed by atoms with Crippen LogP contribution in [0.25, 0.3) is 0 Å². The average Bonchev–Trinajstić information content (AvgIpc) is 2.81. The zero-order valence-corrected chi connectivity index (χ0v) is 19.7.